The first-order chi connectivity index (χ1) is 8.66. The summed E-state index contributed by atoms with van der Waals surface area (Å²) in [5.41, 5.74) is 7.43. The van der Waals surface area contributed by atoms with Crippen LogP contribution in [0.15, 0.2) is 24.3 Å². The molecule has 1 aliphatic rings. The number of nitrogen functional groups attached to an aromatic ring is 1. The Hall–Kier alpha value is -1.06. The molecule has 1 heterocycles. The Balaban J connectivity index is 1.81. The third-order valence-electron chi connectivity index (χ3n) is 3.95. The van der Waals surface area contributed by atoms with Gasteiger partial charge >= 0.3 is 0 Å². The number of para-hydroxylation sites is 1. The SMILES string of the molecule is CC1CCN(CCC(O)c2ccccc2N)CC1. The van der Waals surface area contributed by atoms with E-state index in [4.69, 9.17) is 5.73 Å². The van der Waals surface area contributed by atoms with Crippen molar-refractivity contribution in [2.75, 3.05) is 25.4 Å². The Morgan fingerprint density at radius 3 is 2.67 bits per heavy atom. The van der Waals surface area contributed by atoms with Crippen LogP contribution in [0.5, 0.6) is 0 Å². The number of hydrogen-bond acceptors (Lipinski definition) is 3. The highest BCUT2D eigenvalue weighted by Crippen LogP contribution is 2.24. The summed E-state index contributed by atoms with van der Waals surface area (Å²) in [6.45, 7) is 5.61. The summed E-state index contributed by atoms with van der Waals surface area (Å²) in [6.07, 6.45) is 2.89. The number of rotatable bonds is 4. The minimum Gasteiger partial charge on any atom is -0.398 e. The van der Waals surface area contributed by atoms with Crippen molar-refractivity contribution in [3.63, 3.8) is 0 Å². The quantitative estimate of drug-likeness (QED) is 0.805. The molecule has 1 atom stereocenters. The molecular weight excluding hydrogens is 224 g/mol. The number of aliphatic hydroxyl groups excluding tert-OH is 1. The van der Waals surface area contributed by atoms with Gasteiger partial charge in [0.05, 0.1) is 6.10 Å². The molecule has 1 aliphatic heterocycles. The Bertz CT molecular complexity index is 373. The van der Waals surface area contributed by atoms with Crippen LogP contribution in [0.4, 0.5) is 5.69 Å². The van der Waals surface area contributed by atoms with Gasteiger partial charge in [-0.25, -0.2) is 0 Å². The molecule has 2 rings (SSSR count). The number of nitrogens with two attached hydrogens (primary N) is 1. The van der Waals surface area contributed by atoms with E-state index in [-0.39, 0.29) is 0 Å². The van der Waals surface area contributed by atoms with E-state index < -0.39 is 6.10 Å². The highest BCUT2D eigenvalue weighted by atomic mass is 16.3. The molecule has 1 unspecified atom stereocenters. The predicted molar refractivity (Wildman–Crippen MR) is 75.3 cm³/mol. The normalized spacial score (nSPS) is 19.9. The zero-order valence-electron chi connectivity index (χ0n) is 11.2. The van der Waals surface area contributed by atoms with Crippen molar-refractivity contribution in [2.45, 2.75) is 32.3 Å². The average Bonchev–Trinajstić information content (AvgIpc) is 2.38. The lowest BCUT2D eigenvalue weighted by Crippen LogP contribution is -2.34. The second-order valence-corrected chi connectivity index (χ2v) is 5.46. The monoisotopic (exact) mass is 248 g/mol. The van der Waals surface area contributed by atoms with Crippen molar-refractivity contribution in [3.8, 4) is 0 Å². The summed E-state index contributed by atoms with van der Waals surface area (Å²) < 4.78 is 0. The van der Waals surface area contributed by atoms with Gasteiger partial charge in [-0.05, 0) is 44.3 Å². The first-order valence-electron chi connectivity index (χ1n) is 6.91. The number of aliphatic hydroxyl groups is 1. The van der Waals surface area contributed by atoms with Crippen LogP contribution >= 0.6 is 0 Å². The van der Waals surface area contributed by atoms with E-state index in [9.17, 15) is 5.11 Å². The fourth-order valence-corrected chi connectivity index (χ4v) is 2.56. The van der Waals surface area contributed by atoms with E-state index in [1.54, 1.807) is 0 Å². The smallest absolute Gasteiger partial charge is 0.0822 e. The molecule has 1 aromatic carbocycles. The highest BCUT2D eigenvalue weighted by molar-refractivity contribution is 5.47. The average molecular weight is 248 g/mol. The Labute approximate surface area is 110 Å². The van der Waals surface area contributed by atoms with Gasteiger partial charge in [0.15, 0.2) is 0 Å². The van der Waals surface area contributed by atoms with Crippen molar-refractivity contribution in [2.24, 2.45) is 5.92 Å². The van der Waals surface area contributed by atoms with E-state index in [0.29, 0.717) is 5.69 Å². The lowest BCUT2D eigenvalue weighted by atomic mass is 9.98. The Morgan fingerprint density at radius 1 is 1.33 bits per heavy atom. The molecule has 0 spiro atoms. The van der Waals surface area contributed by atoms with E-state index >= 15 is 0 Å². The van der Waals surface area contributed by atoms with Gasteiger partial charge in [-0.1, -0.05) is 25.1 Å². The van der Waals surface area contributed by atoms with Crippen LogP contribution in [0.3, 0.4) is 0 Å². The lowest BCUT2D eigenvalue weighted by Gasteiger charge is -2.30. The molecule has 3 N–H and O–H groups in total. The van der Waals surface area contributed by atoms with Crippen molar-refractivity contribution in [3.05, 3.63) is 29.8 Å². The van der Waals surface area contributed by atoms with Crippen LogP contribution < -0.4 is 5.73 Å². The molecule has 0 amide bonds. The standard InChI is InChI=1S/C15H24N2O/c1-12-6-9-17(10-7-12)11-8-15(18)13-4-2-3-5-14(13)16/h2-5,12,15,18H,6-11,16H2,1H3. The second kappa shape index (κ2) is 6.21. The lowest BCUT2D eigenvalue weighted by molar-refractivity contribution is 0.126. The molecule has 0 aromatic heterocycles. The second-order valence-electron chi connectivity index (χ2n) is 5.46. The number of nitrogens with zero attached hydrogens (tertiary/aromatic N) is 1. The van der Waals surface area contributed by atoms with Gasteiger partial charge in [0.2, 0.25) is 0 Å². The minimum absolute atomic E-state index is 0.439. The third kappa shape index (κ3) is 3.47. The molecule has 3 nitrogen and oxygen atoms in total. The van der Waals surface area contributed by atoms with Crippen molar-refractivity contribution in [1.29, 1.82) is 0 Å². The fraction of sp³-hybridized carbons (Fsp3) is 0.600. The zero-order valence-corrected chi connectivity index (χ0v) is 11.2. The minimum atomic E-state index is -0.439. The molecule has 0 bridgehead atoms. The topological polar surface area (TPSA) is 49.5 Å². The summed E-state index contributed by atoms with van der Waals surface area (Å²) >= 11 is 0. The summed E-state index contributed by atoms with van der Waals surface area (Å²) in [5, 5.41) is 10.2. The Morgan fingerprint density at radius 2 is 2.00 bits per heavy atom. The molecule has 18 heavy (non-hydrogen) atoms. The maximum atomic E-state index is 10.2. The molecular formula is C15H24N2O. The summed E-state index contributed by atoms with van der Waals surface area (Å²) in [6, 6.07) is 7.59. The maximum absolute atomic E-state index is 10.2. The van der Waals surface area contributed by atoms with Crippen molar-refractivity contribution in [1.82, 2.24) is 4.90 Å². The van der Waals surface area contributed by atoms with E-state index in [2.05, 4.69) is 11.8 Å². The predicted octanol–water partition coefficient (Wildman–Crippen LogP) is 2.42. The third-order valence-corrected chi connectivity index (χ3v) is 3.95. The van der Waals surface area contributed by atoms with Crippen LogP contribution in [-0.2, 0) is 0 Å². The molecule has 3 heteroatoms. The summed E-state index contributed by atoms with van der Waals surface area (Å²) in [7, 11) is 0. The summed E-state index contributed by atoms with van der Waals surface area (Å²) in [4.78, 5) is 2.45. The van der Waals surface area contributed by atoms with Gasteiger partial charge in [0, 0.05) is 17.8 Å². The largest absolute Gasteiger partial charge is 0.398 e. The van der Waals surface area contributed by atoms with Crippen LogP contribution in [0.25, 0.3) is 0 Å². The van der Waals surface area contributed by atoms with Gasteiger partial charge in [-0.3, -0.25) is 0 Å². The molecule has 100 valence electrons. The first kappa shape index (κ1) is 13.4. The molecule has 1 saturated heterocycles. The van der Waals surface area contributed by atoms with Gasteiger partial charge in [-0.2, -0.15) is 0 Å². The number of hydrogen-bond donors (Lipinski definition) is 2. The van der Waals surface area contributed by atoms with Gasteiger partial charge in [0.1, 0.15) is 0 Å². The first-order valence-corrected chi connectivity index (χ1v) is 6.91. The van der Waals surface area contributed by atoms with Crippen molar-refractivity contribution < 1.29 is 5.11 Å². The van der Waals surface area contributed by atoms with Crippen LogP contribution in [0.2, 0.25) is 0 Å². The van der Waals surface area contributed by atoms with Crippen molar-refractivity contribution >= 4 is 5.69 Å². The van der Waals surface area contributed by atoms with Crippen LogP contribution in [0.1, 0.15) is 37.9 Å². The molecule has 1 aromatic rings. The molecule has 0 aliphatic carbocycles. The maximum Gasteiger partial charge on any atom is 0.0822 e. The molecule has 0 radical (unpaired) electrons. The fourth-order valence-electron chi connectivity index (χ4n) is 2.56. The van der Waals surface area contributed by atoms with Crippen LogP contribution in [0, 0.1) is 5.92 Å². The van der Waals surface area contributed by atoms with Crippen LogP contribution in [-0.4, -0.2) is 29.6 Å². The summed E-state index contributed by atoms with van der Waals surface area (Å²) in [5.74, 6) is 0.857. The number of likely N-dealkylation sites (tertiary alicyclic amines) is 1. The zero-order chi connectivity index (χ0) is 13.0. The van der Waals surface area contributed by atoms with E-state index in [1.165, 1.54) is 12.8 Å². The highest BCUT2D eigenvalue weighted by Gasteiger charge is 2.17. The van der Waals surface area contributed by atoms with E-state index in [0.717, 1.165) is 37.5 Å². The van der Waals surface area contributed by atoms with Gasteiger partial charge in [0.25, 0.3) is 0 Å². The molecule has 1 fully saturated rings. The van der Waals surface area contributed by atoms with Gasteiger partial charge < -0.3 is 15.7 Å². The number of benzene rings is 1. The molecule has 0 saturated carbocycles. The number of anilines is 1. The number of piperidine rings is 1. The Kier molecular flexibility index (Phi) is 4.61. The van der Waals surface area contributed by atoms with E-state index in [1.807, 2.05) is 24.3 Å². The van der Waals surface area contributed by atoms with Gasteiger partial charge in [-0.15, -0.1) is 0 Å².